The van der Waals surface area contributed by atoms with Crippen LogP contribution in [0.5, 0.6) is 11.5 Å². The summed E-state index contributed by atoms with van der Waals surface area (Å²) in [5.41, 5.74) is 7.23. The van der Waals surface area contributed by atoms with Crippen LogP contribution in [0.4, 0.5) is 11.4 Å². The maximum atomic E-state index is 13.3. The summed E-state index contributed by atoms with van der Waals surface area (Å²) in [4.78, 5) is 10.0. The molecule has 0 bridgehead atoms. The minimum Gasteiger partial charge on any atom is -0.872 e. The quantitative estimate of drug-likeness (QED) is 0.309. The smallest absolute Gasteiger partial charge is 0.872 e. The molecular formula is C37H48N2Na2O2. The summed E-state index contributed by atoms with van der Waals surface area (Å²) in [6, 6.07) is 13.6. The Kier molecular flexibility index (Phi) is 14.5. The first-order valence-corrected chi connectivity index (χ1v) is 14.8. The van der Waals surface area contributed by atoms with Crippen molar-refractivity contribution in [3.63, 3.8) is 0 Å². The van der Waals surface area contributed by atoms with E-state index in [4.69, 9.17) is 9.98 Å². The second kappa shape index (κ2) is 15.7. The van der Waals surface area contributed by atoms with Crippen molar-refractivity contribution in [2.75, 3.05) is 0 Å². The fraction of sp³-hybridized carbons (Fsp3) is 0.459. The van der Waals surface area contributed by atoms with Crippen LogP contribution in [-0.4, -0.2) is 12.4 Å². The third-order valence-corrected chi connectivity index (χ3v) is 7.56. The molecule has 6 heteroatoms. The van der Waals surface area contributed by atoms with Crippen LogP contribution in [0.3, 0.4) is 0 Å². The van der Waals surface area contributed by atoms with E-state index < -0.39 is 0 Å². The molecule has 0 aliphatic carbocycles. The fourth-order valence-corrected chi connectivity index (χ4v) is 5.21. The second-order valence-corrected chi connectivity index (χ2v) is 14.1. The molecule has 0 atom stereocenters. The van der Waals surface area contributed by atoms with E-state index in [9.17, 15) is 10.2 Å². The Morgan fingerprint density at radius 2 is 0.930 bits per heavy atom. The van der Waals surface area contributed by atoms with Gasteiger partial charge in [-0.05, 0) is 62.0 Å². The molecule has 0 saturated carbocycles. The zero-order valence-electron chi connectivity index (χ0n) is 29.1. The summed E-state index contributed by atoms with van der Waals surface area (Å²) >= 11 is 0. The van der Waals surface area contributed by atoms with Crippen molar-refractivity contribution in [2.45, 2.75) is 112 Å². The Bertz CT molecular complexity index is 1350. The van der Waals surface area contributed by atoms with E-state index >= 15 is 0 Å². The van der Waals surface area contributed by atoms with E-state index in [0.717, 1.165) is 39.2 Å². The summed E-state index contributed by atoms with van der Waals surface area (Å²) in [6.07, 6.45) is 3.44. The topological polar surface area (TPSA) is 70.8 Å². The van der Waals surface area contributed by atoms with Crippen LogP contribution < -0.4 is 69.3 Å². The molecule has 0 N–H and O–H groups in total. The molecule has 0 spiro atoms. The number of rotatable bonds is 7. The van der Waals surface area contributed by atoms with Crippen LogP contribution in [0.1, 0.15) is 140 Å². The molecule has 0 aromatic heterocycles. The molecule has 3 aromatic rings. The van der Waals surface area contributed by atoms with Crippen LogP contribution in [0, 0.1) is 0 Å². The van der Waals surface area contributed by atoms with Gasteiger partial charge in [-0.25, -0.2) is 0 Å². The van der Waals surface area contributed by atoms with E-state index in [1.807, 2.05) is 36.4 Å². The molecule has 43 heavy (non-hydrogen) atoms. The van der Waals surface area contributed by atoms with E-state index in [2.05, 4.69) is 89.2 Å². The van der Waals surface area contributed by atoms with E-state index in [-0.39, 0.29) is 99.2 Å². The molecule has 3 rings (SSSR count). The number of hydrogen-bond donors (Lipinski definition) is 0. The van der Waals surface area contributed by atoms with Crippen LogP contribution >= 0.6 is 0 Å². The van der Waals surface area contributed by atoms with Gasteiger partial charge in [0.1, 0.15) is 0 Å². The molecule has 0 unspecified atom stereocenters. The summed E-state index contributed by atoms with van der Waals surface area (Å²) in [7, 11) is 0. The Labute approximate surface area is 305 Å². The third kappa shape index (κ3) is 9.31. The molecule has 0 radical (unpaired) electrons. The Hall–Kier alpha value is -1.40. The SMILES string of the molecule is CC(C)c1cc(C(C)C)c(N=Cc2cccc(C(C)(C)C)c2[O-])c(C(C)C)c1N=Cc1cccc(C(C)(C)C)c1[O-].[Na+].[Na+]. The summed E-state index contributed by atoms with van der Waals surface area (Å²) in [5, 5.41) is 26.7. The van der Waals surface area contributed by atoms with Crippen LogP contribution in [0.2, 0.25) is 0 Å². The van der Waals surface area contributed by atoms with E-state index in [1.165, 1.54) is 0 Å². The van der Waals surface area contributed by atoms with Crippen LogP contribution in [0.15, 0.2) is 52.4 Å². The van der Waals surface area contributed by atoms with Gasteiger partial charge in [-0.1, -0.05) is 137 Å². The maximum Gasteiger partial charge on any atom is 1.00 e. The normalized spacial score (nSPS) is 12.4. The van der Waals surface area contributed by atoms with Crippen molar-refractivity contribution in [3.05, 3.63) is 81.4 Å². The van der Waals surface area contributed by atoms with Crippen molar-refractivity contribution < 1.29 is 69.3 Å². The Morgan fingerprint density at radius 1 is 0.581 bits per heavy atom. The van der Waals surface area contributed by atoms with E-state index in [0.29, 0.717) is 11.1 Å². The van der Waals surface area contributed by atoms with Gasteiger partial charge in [-0.3, -0.25) is 9.98 Å². The predicted octanol–water partition coefficient (Wildman–Crippen LogP) is 3.31. The van der Waals surface area contributed by atoms with Crippen molar-refractivity contribution in [3.8, 4) is 11.5 Å². The molecular weight excluding hydrogens is 550 g/mol. The average Bonchev–Trinajstić information content (AvgIpc) is 2.85. The average molecular weight is 599 g/mol. The summed E-state index contributed by atoms with van der Waals surface area (Å²) in [5.74, 6) is 0.587. The number of hydrogen-bond acceptors (Lipinski definition) is 4. The first-order chi connectivity index (χ1) is 18.9. The molecule has 0 aliphatic rings. The van der Waals surface area contributed by atoms with Crippen molar-refractivity contribution >= 4 is 23.8 Å². The van der Waals surface area contributed by atoms with Crippen molar-refractivity contribution in [1.82, 2.24) is 0 Å². The molecule has 0 amide bonds. The first kappa shape index (κ1) is 39.6. The number of benzene rings is 3. The van der Waals surface area contributed by atoms with Gasteiger partial charge in [-0.2, -0.15) is 0 Å². The van der Waals surface area contributed by atoms with Gasteiger partial charge >= 0.3 is 59.1 Å². The number of aliphatic imine (C=N–C) groups is 2. The van der Waals surface area contributed by atoms with Crippen LogP contribution in [0.25, 0.3) is 0 Å². The van der Waals surface area contributed by atoms with Gasteiger partial charge in [0.15, 0.2) is 0 Å². The van der Waals surface area contributed by atoms with Crippen molar-refractivity contribution in [1.29, 1.82) is 0 Å². The second-order valence-electron chi connectivity index (χ2n) is 14.1. The zero-order valence-corrected chi connectivity index (χ0v) is 33.1. The molecule has 4 nitrogen and oxygen atoms in total. The van der Waals surface area contributed by atoms with Gasteiger partial charge < -0.3 is 10.2 Å². The Morgan fingerprint density at radius 3 is 1.21 bits per heavy atom. The number of nitrogens with zero attached hydrogens (tertiary/aromatic N) is 2. The van der Waals surface area contributed by atoms with Gasteiger partial charge in [0.2, 0.25) is 0 Å². The van der Waals surface area contributed by atoms with E-state index in [1.54, 1.807) is 12.4 Å². The van der Waals surface area contributed by atoms with Gasteiger partial charge in [-0.15, -0.1) is 0 Å². The zero-order chi connectivity index (χ0) is 30.9. The molecule has 0 fully saturated rings. The van der Waals surface area contributed by atoms with Crippen LogP contribution in [-0.2, 0) is 10.8 Å². The largest absolute Gasteiger partial charge is 1.00 e. The molecule has 220 valence electrons. The molecule has 0 aliphatic heterocycles. The third-order valence-electron chi connectivity index (χ3n) is 7.56. The number of para-hydroxylation sites is 2. The summed E-state index contributed by atoms with van der Waals surface area (Å²) in [6.45, 7) is 25.3. The first-order valence-electron chi connectivity index (χ1n) is 14.8. The molecule has 0 saturated heterocycles. The minimum absolute atomic E-state index is 0. The minimum atomic E-state index is -0.251. The fourth-order valence-electron chi connectivity index (χ4n) is 5.21. The molecule has 0 heterocycles. The Balaban J connectivity index is 0.00000462. The van der Waals surface area contributed by atoms with Gasteiger partial charge in [0, 0.05) is 18.0 Å². The maximum absolute atomic E-state index is 13.3. The predicted molar refractivity (Wildman–Crippen MR) is 172 cm³/mol. The summed E-state index contributed by atoms with van der Waals surface area (Å²) < 4.78 is 0. The van der Waals surface area contributed by atoms with Crippen molar-refractivity contribution in [2.24, 2.45) is 9.98 Å². The monoisotopic (exact) mass is 598 g/mol. The standard InChI is InChI=1S/C37H50N2O2.2Na/c1-22(2)27-19-28(23(3)4)33(39-21-26-16-14-18-30(35(26)41)37(10,11)12)31(24(5)6)32(27)38-20-25-15-13-17-29(34(25)40)36(7,8)9;;/h13-24,40-41H,1-12H3;;/q;2*+1/p-2. The van der Waals surface area contributed by atoms with Gasteiger partial charge in [0.05, 0.1) is 11.4 Å². The van der Waals surface area contributed by atoms with Gasteiger partial charge in [0.25, 0.3) is 0 Å². The molecule has 3 aromatic carbocycles.